The number of hydrogen-bond acceptors (Lipinski definition) is 5. The van der Waals surface area contributed by atoms with Gasteiger partial charge in [0.25, 0.3) is 10.0 Å². The molecule has 0 radical (unpaired) electrons. The maximum Gasteiger partial charge on any atom is 0.295 e. The Morgan fingerprint density at radius 3 is 2.68 bits per heavy atom. The van der Waals surface area contributed by atoms with Crippen LogP contribution in [0.1, 0.15) is 5.56 Å². The summed E-state index contributed by atoms with van der Waals surface area (Å²) in [5.74, 6) is 0.626. The van der Waals surface area contributed by atoms with Crippen molar-refractivity contribution in [3.8, 4) is 11.5 Å². The van der Waals surface area contributed by atoms with Crippen molar-refractivity contribution in [3.05, 3.63) is 53.2 Å². The maximum atomic E-state index is 12.4. The van der Waals surface area contributed by atoms with Crippen LogP contribution in [0.5, 0.6) is 0 Å². The zero-order valence-corrected chi connectivity index (χ0v) is 13.0. The fourth-order valence-electron chi connectivity index (χ4n) is 1.85. The summed E-state index contributed by atoms with van der Waals surface area (Å²) in [4.78, 5) is 0. The predicted octanol–water partition coefficient (Wildman–Crippen LogP) is 3.70. The van der Waals surface area contributed by atoms with Gasteiger partial charge in [-0.05, 0) is 36.8 Å². The number of benzene rings is 1. The second-order valence-electron chi connectivity index (χ2n) is 4.51. The third-order valence-electron chi connectivity index (χ3n) is 3.04. The second-order valence-corrected chi connectivity index (χ2v) is 6.53. The van der Waals surface area contributed by atoms with Crippen molar-refractivity contribution in [2.24, 2.45) is 0 Å². The maximum absolute atomic E-state index is 12.4. The largest absolute Gasteiger partial charge is 0.439 e. The highest BCUT2D eigenvalue weighted by molar-refractivity contribution is 7.92. The molecule has 0 aliphatic carbocycles. The topological polar surface area (TPSA) is 85.3 Å². The van der Waals surface area contributed by atoms with Crippen LogP contribution < -0.4 is 4.72 Å². The van der Waals surface area contributed by atoms with E-state index in [2.05, 4.69) is 9.88 Å². The Morgan fingerprint density at radius 1 is 1.14 bits per heavy atom. The van der Waals surface area contributed by atoms with Gasteiger partial charge in [-0.3, -0.25) is 4.72 Å². The summed E-state index contributed by atoms with van der Waals surface area (Å²) in [6.45, 7) is 1.72. The molecule has 1 aromatic carbocycles. The molecule has 2 heterocycles. The average Bonchev–Trinajstić information content (AvgIpc) is 3.13. The van der Waals surface area contributed by atoms with E-state index in [0.29, 0.717) is 22.0 Å². The molecular formula is C14H11ClN2O4S. The Balaban J connectivity index is 1.92. The van der Waals surface area contributed by atoms with E-state index in [-0.39, 0.29) is 10.9 Å². The number of anilines is 1. The second kappa shape index (κ2) is 5.51. The lowest BCUT2D eigenvalue weighted by atomic mass is 10.2. The molecule has 3 aromatic rings. The molecule has 2 aromatic heterocycles. The molecule has 1 N–H and O–H groups in total. The van der Waals surface area contributed by atoms with Gasteiger partial charge in [0, 0.05) is 11.1 Å². The number of furan rings is 1. The van der Waals surface area contributed by atoms with Crippen LogP contribution in [0.2, 0.25) is 5.02 Å². The summed E-state index contributed by atoms with van der Waals surface area (Å²) >= 11 is 5.98. The van der Waals surface area contributed by atoms with Crippen molar-refractivity contribution in [1.29, 1.82) is 0 Å². The molecule has 0 aliphatic rings. The molecule has 0 bridgehead atoms. The first-order valence-electron chi connectivity index (χ1n) is 6.26. The normalized spacial score (nSPS) is 11.5. The van der Waals surface area contributed by atoms with Crippen LogP contribution in [0.15, 0.2) is 56.6 Å². The first-order chi connectivity index (χ1) is 10.5. The minimum absolute atomic E-state index is 0.224. The molecule has 0 saturated carbocycles. The quantitative estimate of drug-likeness (QED) is 0.784. The molecule has 22 heavy (non-hydrogen) atoms. The van der Waals surface area contributed by atoms with Gasteiger partial charge < -0.3 is 8.94 Å². The minimum Gasteiger partial charge on any atom is -0.439 e. The highest BCUT2D eigenvalue weighted by Gasteiger charge is 2.21. The SMILES string of the molecule is Cc1c(Cl)cccc1NS(=O)(=O)c1ccc(-c2ccno2)o1. The van der Waals surface area contributed by atoms with Gasteiger partial charge >= 0.3 is 0 Å². The van der Waals surface area contributed by atoms with E-state index in [1.807, 2.05) is 0 Å². The molecule has 0 unspecified atom stereocenters. The van der Waals surface area contributed by atoms with E-state index in [1.54, 1.807) is 31.2 Å². The first-order valence-corrected chi connectivity index (χ1v) is 8.12. The Morgan fingerprint density at radius 2 is 1.95 bits per heavy atom. The molecule has 0 atom stereocenters. The van der Waals surface area contributed by atoms with Gasteiger partial charge in [-0.25, -0.2) is 0 Å². The van der Waals surface area contributed by atoms with Gasteiger partial charge in [0.05, 0.1) is 11.9 Å². The summed E-state index contributed by atoms with van der Waals surface area (Å²) in [6.07, 6.45) is 1.44. The van der Waals surface area contributed by atoms with Gasteiger partial charge in [0.15, 0.2) is 5.76 Å². The van der Waals surface area contributed by atoms with Crippen LogP contribution in [-0.2, 0) is 10.0 Å². The van der Waals surface area contributed by atoms with Gasteiger partial charge in [-0.1, -0.05) is 22.8 Å². The summed E-state index contributed by atoms with van der Waals surface area (Å²) in [7, 11) is -3.86. The van der Waals surface area contributed by atoms with Crippen LogP contribution in [0.25, 0.3) is 11.5 Å². The van der Waals surface area contributed by atoms with Gasteiger partial charge in [-0.15, -0.1) is 0 Å². The molecule has 0 spiro atoms. The van der Waals surface area contributed by atoms with Crippen molar-refractivity contribution in [1.82, 2.24) is 5.16 Å². The van der Waals surface area contributed by atoms with E-state index in [0.717, 1.165) is 0 Å². The third kappa shape index (κ3) is 2.72. The standard InChI is InChI=1S/C14H11ClN2O4S/c1-9-10(15)3-2-4-11(9)17-22(18,19)14-6-5-12(20-14)13-7-8-16-21-13/h2-8,17H,1H3. The van der Waals surface area contributed by atoms with E-state index >= 15 is 0 Å². The molecule has 3 rings (SSSR count). The summed E-state index contributed by atoms with van der Waals surface area (Å²) < 4.78 is 37.4. The summed E-state index contributed by atoms with van der Waals surface area (Å²) in [5.41, 5.74) is 1.03. The highest BCUT2D eigenvalue weighted by Crippen LogP contribution is 2.28. The lowest BCUT2D eigenvalue weighted by molar-refractivity contribution is 0.401. The number of nitrogens with one attached hydrogen (secondary N) is 1. The fourth-order valence-corrected chi connectivity index (χ4v) is 3.09. The van der Waals surface area contributed by atoms with Crippen LogP contribution in [-0.4, -0.2) is 13.6 Å². The molecule has 0 amide bonds. The van der Waals surface area contributed by atoms with Crippen LogP contribution in [0.3, 0.4) is 0 Å². The van der Waals surface area contributed by atoms with Crippen LogP contribution in [0.4, 0.5) is 5.69 Å². The van der Waals surface area contributed by atoms with E-state index in [1.165, 1.54) is 18.3 Å². The summed E-state index contributed by atoms with van der Waals surface area (Å²) in [5, 5.41) is 3.79. The average molecular weight is 339 g/mol. The van der Waals surface area contributed by atoms with E-state index < -0.39 is 10.0 Å². The number of halogens is 1. The zero-order valence-electron chi connectivity index (χ0n) is 11.4. The molecule has 0 aliphatic heterocycles. The molecule has 0 fully saturated rings. The number of nitrogens with zero attached hydrogens (tertiary/aromatic N) is 1. The Kier molecular flexibility index (Phi) is 3.67. The number of aromatic nitrogens is 1. The molecule has 6 nitrogen and oxygen atoms in total. The van der Waals surface area contributed by atoms with E-state index in [9.17, 15) is 8.42 Å². The van der Waals surface area contributed by atoms with E-state index in [4.69, 9.17) is 20.5 Å². The number of rotatable bonds is 4. The third-order valence-corrected chi connectivity index (χ3v) is 4.69. The molecule has 8 heteroatoms. The smallest absolute Gasteiger partial charge is 0.295 e. The van der Waals surface area contributed by atoms with Crippen LogP contribution >= 0.6 is 11.6 Å². The lowest BCUT2D eigenvalue weighted by Gasteiger charge is -2.09. The number of sulfonamides is 1. The molecule has 0 saturated heterocycles. The van der Waals surface area contributed by atoms with Crippen LogP contribution in [0, 0.1) is 6.92 Å². The van der Waals surface area contributed by atoms with Crippen molar-refractivity contribution < 1.29 is 17.4 Å². The Hall–Kier alpha value is -2.25. The number of hydrogen-bond donors (Lipinski definition) is 1. The highest BCUT2D eigenvalue weighted by atomic mass is 35.5. The van der Waals surface area contributed by atoms with Crippen molar-refractivity contribution in [3.63, 3.8) is 0 Å². The van der Waals surface area contributed by atoms with Crippen molar-refractivity contribution >= 4 is 27.3 Å². The molecular weight excluding hydrogens is 328 g/mol. The minimum atomic E-state index is -3.86. The van der Waals surface area contributed by atoms with Crippen molar-refractivity contribution in [2.75, 3.05) is 4.72 Å². The summed E-state index contributed by atoms with van der Waals surface area (Å²) in [6, 6.07) is 9.39. The Bertz CT molecular complexity index is 901. The van der Waals surface area contributed by atoms with Gasteiger partial charge in [-0.2, -0.15) is 8.42 Å². The molecule has 114 valence electrons. The lowest BCUT2D eigenvalue weighted by Crippen LogP contribution is -2.13. The van der Waals surface area contributed by atoms with Gasteiger partial charge in [0.2, 0.25) is 10.9 Å². The monoisotopic (exact) mass is 338 g/mol. The predicted molar refractivity (Wildman–Crippen MR) is 81.2 cm³/mol. The Labute approximate surface area is 131 Å². The zero-order chi connectivity index (χ0) is 15.7. The fraction of sp³-hybridized carbons (Fsp3) is 0.0714. The van der Waals surface area contributed by atoms with Crippen molar-refractivity contribution in [2.45, 2.75) is 12.0 Å². The first kappa shape index (κ1) is 14.7. The van der Waals surface area contributed by atoms with Gasteiger partial charge in [0.1, 0.15) is 0 Å².